The van der Waals surface area contributed by atoms with Gasteiger partial charge in [0.15, 0.2) is 5.16 Å². The maximum Gasteiger partial charge on any atom is 0.343 e. The first-order chi connectivity index (χ1) is 16.4. The lowest BCUT2D eigenvalue weighted by Gasteiger charge is -2.12. The van der Waals surface area contributed by atoms with Gasteiger partial charge in [0, 0.05) is 11.9 Å². The minimum atomic E-state index is -0.612. The summed E-state index contributed by atoms with van der Waals surface area (Å²) in [5, 5.41) is 5.74. The zero-order valence-electron chi connectivity index (χ0n) is 18.5. The third kappa shape index (κ3) is 6.45. The van der Waals surface area contributed by atoms with Crippen LogP contribution in [-0.4, -0.2) is 47.2 Å². The first kappa shape index (κ1) is 24.5. The molecule has 4 N–H and O–H groups in total. The number of nitrogens with one attached hydrogen (secondary N) is 2. The summed E-state index contributed by atoms with van der Waals surface area (Å²) in [5.74, 6) is -0.752. The van der Waals surface area contributed by atoms with Gasteiger partial charge in [-0.3, -0.25) is 9.59 Å². The van der Waals surface area contributed by atoms with Crippen molar-refractivity contribution in [3.05, 3.63) is 65.9 Å². The van der Waals surface area contributed by atoms with E-state index < -0.39 is 5.97 Å². The van der Waals surface area contributed by atoms with Crippen LogP contribution >= 0.6 is 11.8 Å². The number of thioether (sulfide) groups is 1. The number of carbonyl (C=O) groups excluding carboxylic acids is 3. The van der Waals surface area contributed by atoms with E-state index in [2.05, 4.69) is 20.6 Å². The van der Waals surface area contributed by atoms with E-state index in [1.807, 2.05) is 0 Å². The number of methoxy groups -OCH3 is 1. The van der Waals surface area contributed by atoms with Crippen molar-refractivity contribution >= 4 is 46.7 Å². The minimum Gasteiger partial charge on any atom is -0.497 e. The molecule has 0 aliphatic rings. The SMILES string of the molecule is CCOC(=O)c1cnc(SCC(=O)Nc2ccccc2C(=O)Nc2ccc(OC)cc2)nc1N. The normalized spacial score (nSPS) is 10.3. The van der Waals surface area contributed by atoms with Crippen molar-refractivity contribution in [2.24, 2.45) is 0 Å². The minimum absolute atomic E-state index is 0.0306. The van der Waals surface area contributed by atoms with E-state index in [-0.39, 0.29) is 40.7 Å². The number of anilines is 3. The van der Waals surface area contributed by atoms with Crippen molar-refractivity contribution in [2.45, 2.75) is 12.1 Å². The average Bonchev–Trinajstić information content (AvgIpc) is 2.83. The van der Waals surface area contributed by atoms with Crippen LogP contribution in [0.15, 0.2) is 59.9 Å². The number of carbonyl (C=O) groups is 3. The lowest BCUT2D eigenvalue weighted by molar-refractivity contribution is -0.113. The molecule has 0 saturated carbocycles. The molecular formula is C23H23N5O5S. The molecule has 2 aromatic carbocycles. The highest BCUT2D eigenvalue weighted by Crippen LogP contribution is 2.21. The van der Waals surface area contributed by atoms with Crippen molar-refractivity contribution in [2.75, 3.05) is 35.8 Å². The Hall–Kier alpha value is -4.12. The van der Waals surface area contributed by atoms with Crippen LogP contribution in [0.25, 0.3) is 0 Å². The first-order valence-corrected chi connectivity index (χ1v) is 11.2. The molecule has 0 bridgehead atoms. The topological polar surface area (TPSA) is 146 Å². The van der Waals surface area contributed by atoms with Crippen molar-refractivity contribution in [1.82, 2.24) is 9.97 Å². The molecule has 0 spiro atoms. The Morgan fingerprint density at radius 2 is 1.76 bits per heavy atom. The third-order valence-electron chi connectivity index (χ3n) is 4.42. The molecule has 3 aromatic rings. The number of esters is 1. The summed E-state index contributed by atoms with van der Waals surface area (Å²) >= 11 is 1.04. The number of amides is 2. The predicted molar refractivity (Wildman–Crippen MR) is 129 cm³/mol. The van der Waals surface area contributed by atoms with Crippen LogP contribution < -0.4 is 21.1 Å². The smallest absolute Gasteiger partial charge is 0.343 e. The molecule has 3 rings (SSSR count). The fraction of sp³-hybridized carbons (Fsp3) is 0.174. The summed E-state index contributed by atoms with van der Waals surface area (Å²) in [6, 6.07) is 13.6. The molecule has 0 aliphatic carbocycles. The van der Waals surface area contributed by atoms with Gasteiger partial charge < -0.3 is 25.8 Å². The van der Waals surface area contributed by atoms with Crippen molar-refractivity contribution in [3.8, 4) is 5.75 Å². The highest BCUT2D eigenvalue weighted by molar-refractivity contribution is 7.99. The maximum absolute atomic E-state index is 12.8. The van der Waals surface area contributed by atoms with Crippen LogP contribution in [-0.2, 0) is 9.53 Å². The second-order valence-electron chi connectivity index (χ2n) is 6.74. The number of hydrogen-bond acceptors (Lipinski definition) is 9. The van der Waals surface area contributed by atoms with Gasteiger partial charge in [0.05, 0.1) is 30.7 Å². The van der Waals surface area contributed by atoms with Gasteiger partial charge in [-0.2, -0.15) is 0 Å². The third-order valence-corrected chi connectivity index (χ3v) is 5.28. The Morgan fingerprint density at radius 3 is 2.44 bits per heavy atom. The molecule has 0 saturated heterocycles. The fourth-order valence-corrected chi connectivity index (χ4v) is 3.42. The summed E-state index contributed by atoms with van der Waals surface area (Å²) in [5.41, 5.74) is 7.11. The quantitative estimate of drug-likeness (QED) is 0.238. The molecule has 0 aliphatic heterocycles. The van der Waals surface area contributed by atoms with Crippen molar-refractivity contribution in [3.63, 3.8) is 0 Å². The summed E-state index contributed by atoms with van der Waals surface area (Å²) in [6.07, 6.45) is 1.26. The zero-order chi connectivity index (χ0) is 24.5. The molecule has 0 radical (unpaired) electrons. The van der Waals surface area contributed by atoms with Crippen LogP contribution in [0.5, 0.6) is 5.75 Å². The lowest BCUT2D eigenvalue weighted by Crippen LogP contribution is -2.19. The molecule has 176 valence electrons. The van der Waals surface area contributed by atoms with Gasteiger partial charge in [0.2, 0.25) is 5.91 Å². The molecule has 2 amide bonds. The highest BCUT2D eigenvalue weighted by Gasteiger charge is 2.16. The van der Waals surface area contributed by atoms with E-state index >= 15 is 0 Å². The largest absolute Gasteiger partial charge is 0.497 e. The summed E-state index contributed by atoms with van der Waals surface area (Å²) in [6.45, 7) is 1.88. The fourth-order valence-electron chi connectivity index (χ4n) is 2.79. The van der Waals surface area contributed by atoms with Gasteiger partial charge in [-0.15, -0.1) is 0 Å². The monoisotopic (exact) mass is 481 g/mol. The summed E-state index contributed by atoms with van der Waals surface area (Å²) < 4.78 is 9.99. The lowest BCUT2D eigenvalue weighted by atomic mass is 10.1. The Morgan fingerprint density at radius 1 is 1.03 bits per heavy atom. The van der Waals surface area contributed by atoms with Crippen LogP contribution in [0.4, 0.5) is 17.2 Å². The van der Waals surface area contributed by atoms with E-state index in [0.717, 1.165) is 11.8 Å². The maximum atomic E-state index is 12.8. The summed E-state index contributed by atoms with van der Waals surface area (Å²) in [4.78, 5) is 45.1. The number of benzene rings is 2. The van der Waals surface area contributed by atoms with Crippen LogP contribution in [0.1, 0.15) is 27.6 Å². The standard InChI is InChI=1S/C23H23N5O5S/c1-3-33-22(31)17-12-25-23(28-20(17)24)34-13-19(29)27-18-7-5-4-6-16(18)21(30)26-14-8-10-15(32-2)11-9-14/h4-12H,3,13H2,1-2H3,(H,26,30)(H,27,29)(H2,24,25,28). The predicted octanol–water partition coefficient (Wildman–Crippen LogP) is 3.23. The van der Waals surface area contributed by atoms with E-state index in [0.29, 0.717) is 22.7 Å². The molecule has 1 aromatic heterocycles. The number of ether oxygens (including phenoxy) is 2. The van der Waals surface area contributed by atoms with E-state index in [1.165, 1.54) is 6.20 Å². The van der Waals surface area contributed by atoms with Crippen LogP contribution in [0.3, 0.4) is 0 Å². The first-order valence-electron chi connectivity index (χ1n) is 10.2. The van der Waals surface area contributed by atoms with Gasteiger partial charge in [0.25, 0.3) is 5.91 Å². The number of aromatic nitrogens is 2. The van der Waals surface area contributed by atoms with Crippen LogP contribution in [0.2, 0.25) is 0 Å². The number of nitrogens with two attached hydrogens (primary N) is 1. The van der Waals surface area contributed by atoms with E-state index in [9.17, 15) is 14.4 Å². The number of nitrogens with zero attached hydrogens (tertiary/aromatic N) is 2. The molecule has 10 nitrogen and oxygen atoms in total. The Kier molecular flexibility index (Phi) is 8.41. The average molecular weight is 482 g/mol. The van der Waals surface area contributed by atoms with Gasteiger partial charge in [-0.1, -0.05) is 23.9 Å². The molecule has 0 atom stereocenters. The molecule has 0 unspecified atom stereocenters. The number of hydrogen-bond donors (Lipinski definition) is 3. The molecule has 34 heavy (non-hydrogen) atoms. The number of rotatable bonds is 9. The van der Waals surface area contributed by atoms with Gasteiger partial charge in [-0.25, -0.2) is 14.8 Å². The van der Waals surface area contributed by atoms with Crippen LogP contribution in [0, 0.1) is 0 Å². The van der Waals surface area contributed by atoms with Crippen molar-refractivity contribution < 1.29 is 23.9 Å². The van der Waals surface area contributed by atoms with Gasteiger partial charge in [-0.05, 0) is 43.3 Å². The Labute approximate surface area is 200 Å². The Bertz CT molecular complexity index is 1190. The molecule has 1 heterocycles. The molecule has 0 fully saturated rings. The van der Waals surface area contributed by atoms with Crippen molar-refractivity contribution in [1.29, 1.82) is 0 Å². The van der Waals surface area contributed by atoms with Gasteiger partial charge >= 0.3 is 5.97 Å². The Balaban J connectivity index is 1.61. The zero-order valence-corrected chi connectivity index (χ0v) is 19.3. The molecule has 11 heteroatoms. The second kappa shape index (κ2) is 11.7. The van der Waals surface area contributed by atoms with E-state index in [1.54, 1.807) is 62.6 Å². The van der Waals surface area contributed by atoms with E-state index in [4.69, 9.17) is 15.2 Å². The number of para-hydroxylation sites is 1. The second-order valence-corrected chi connectivity index (χ2v) is 7.68. The van der Waals surface area contributed by atoms with Gasteiger partial charge in [0.1, 0.15) is 17.1 Å². The molecular weight excluding hydrogens is 458 g/mol. The highest BCUT2D eigenvalue weighted by atomic mass is 32.2. The number of nitrogen functional groups attached to an aromatic ring is 1. The summed E-state index contributed by atoms with van der Waals surface area (Å²) in [7, 11) is 1.56.